The summed E-state index contributed by atoms with van der Waals surface area (Å²) in [4.78, 5) is 20.0. The van der Waals surface area contributed by atoms with E-state index in [-0.39, 0.29) is 5.91 Å². The van der Waals surface area contributed by atoms with E-state index in [0.29, 0.717) is 6.04 Å². The summed E-state index contributed by atoms with van der Waals surface area (Å²) in [5.74, 6) is 1.03. The summed E-state index contributed by atoms with van der Waals surface area (Å²) in [5, 5.41) is 6.86. The Kier molecular flexibility index (Phi) is 8.41. The number of guanidine groups is 1. The average Bonchev–Trinajstić information content (AvgIpc) is 2.66. The van der Waals surface area contributed by atoms with Gasteiger partial charge in [0.15, 0.2) is 5.96 Å². The van der Waals surface area contributed by atoms with E-state index in [4.69, 9.17) is 0 Å². The van der Waals surface area contributed by atoms with Gasteiger partial charge in [-0.25, -0.2) is 0 Å². The molecule has 1 amide bonds. The molecule has 1 fully saturated rings. The molecule has 0 bridgehead atoms. The van der Waals surface area contributed by atoms with Crippen molar-refractivity contribution in [3.05, 3.63) is 35.9 Å². The van der Waals surface area contributed by atoms with Crippen molar-refractivity contribution in [1.82, 2.24) is 20.4 Å². The second-order valence-electron chi connectivity index (χ2n) is 6.92. The predicted molar refractivity (Wildman–Crippen MR) is 107 cm³/mol. The molecule has 1 aromatic rings. The topological polar surface area (TPSA) is 60.0 Å². The molecule has 26 heavy (non-hydrogen) atoms. The van der Waals surface area contributed by atoms with Crippen molar-refractivity contribution in [3.8, 4) is 0 Å². The molecule has 0 spiro atoms. The maximum atomic E-state index is 11.4. The highest BCUT2D eigenvalue weighted by molar-refractivity contribution is 5.79. The van der Waals surface area contributed by atoms with E-state index in [0.717, 1.165) is 58.1 Å². The highest BCUT2D eigenvalue weighted by Gasteiger charge is 2.18. The number of benzene rings is 1. The Morgan fingerprint density at radius 3 is 2.50 bits per heavy atom. The summed E-state index contributed by atoms with van der Waals surface area (Å²) in [6.45, 7) is 9.21. The molecule has 1 aliphatic heterocycles. The van der Waals surface area contributed by atoms with Gasteiger partial charge in [-0.2, -0.15) is 0 Å². The number of piperazine rings is 1. The first kappa shape index (κ1) is 20.2. The molecule has 1 aromatic carbocycles. The van der Waals surface area contributed by atoms with Crippen LogP contribution in [0.2, 0.25) is 0 Å². The molecule has 1 aliphatic rings. The monoisotopic (exact) mass is 359 g/mol. The molecular formula is C20H33N5O. The third kappa shape index (κ3) is 7.04. The molecule has 6 nitrogen and oxygen atoms in total. The fourth-order valence-corrected chi connectivity index (χ4v) is 3.15. The number of aliphatic imine (C=N–C) groups is 1. The summed E-state index contributed by atoms with van der Waals surface area (Å²) in [6.07, 6.45) is 2.13. The van der Waals surface area contributed by atoms with E-state index in [1.54, 1.807) is 6.92 Å². The van der Waals surface area contributed by atoms with Gasteiger partial charge in [0.2, 0.25) is 5.91 Å². The van der Waals surface area contributed by atoms with Crippen LogP contribution in [0.1, 0.15) is 25.8 Å². The van der Waals surface area contributed by atoms with Crippen molar-refractivity contribution < 1.29 is 4.79 Å². The molecule has 144 valence electrons. The number of nitrogens with one attached hydrogen (secondary N) is 2. The fourth-order valence-electron chi connectivity index (χ4n) is 3.15. The number of hydrogen-bond donors (Lipinski definition) is 2. The molecule has 0 aromatic heterocycles. The molecule has 1 unspecified atom stereocenters. The maximum absolute atomic E-state index is 11.4. The van der Waals surface area contributed by atoms with Gasteiger partial charge >= 0.3 is 0 Å². The number of hydrogen-bond acceptors (Lipinski definition) is 3. The fraction of sp³-hybridized carbons (Fsp3) is 0.600. The van der Waals surface area contributed by atoms with Crippen LogP contribution in [-0.4, -0.2) is 74.0 Å². The van der Waals surface area contributed by atoms with Gasteiger partial charge in [0.1, 0.15) is 0 Å². The molecule has 0 aliphatic carbocycles. The number of amides is 1. The van der Waals surface area contributed by atoms with Gasteiger partial charge in [0, 0.05) is 59.3 Å². The second-order valence-corrected chi connectivity index (χ2v) is 6.92. The number of aryl methyl sites for hydroxylation is 1. The van der Waals surface area contributed by atoms with Crippen LogP contribution in [-0.2, 0) is 11.2 Å². The molecule has 0 saturated carbocycles. The predicted octanol–water partition coefficient (Wildman–Crippen LogP) is 1.34. The Balaban J connectivity index is 1.62. The largest absolute Gasteiger partial charge is 0.355 e. The van der Waals surface area contributed by atoms with E-state index >= 15 is 0 Å². The molecule has 6 heteroatoms. The third-order valence-corrected chi connectivity index (χ3v) is 4.85. The summed E-state index contributed by atoms with van der Waals surface area (Å²) < 4.78 is 0. The van der Waals surface area contributed by atoms with Crippen molar-refractivity contribution in [1.29, 1.82) is 0 Å². The van der Waals surface area contributed by atoms with Gasteiger partial charge in [-0.15, -0.1) is 0 Å². The first-order valence-corrected chi connectivity index (χ1v) is 9.57. The number of carbonyl (C=O) groups excluding carboxylic acids is 1. The number of rotatable bonds is 7. The Morgan fingerprint density at radius 2 is 1.88 bits per heavy atom. The minimum absolute atomic E-state index is 0.178. The molecule has 2 N–H and O–H groups in total. The standard InChI is InChI=1S/C20H33N5O/c1-17(9-10-19-7-5-4-6-8-19)23-20(21-3)22-11-12-24-13-15-25(16-14-24)18(2)26/h4-8,17H,9-16H2,1-3H3,(H2,21,22,23). The lowest BCUT2D eigenvalue weighted by Gasteiger charge is -2.34. The number of carbonyl (C=O) groups is 1. The SMILES string of the molecule is CN=C(NCCN1CCN(C(C)=O)CC1)NC(C)CCc1ccccc1. The van der Waals surface area contributed by atoms with Crippen LogP contribution in [0.4, 0.5) is 0 Å². The van der Waals surface area contributed by atoms with Crippen LogP contribution in [0.25, 0.3) is 0 Å². The van der Waals surface area contributed by atoms with Gasteiger partial charge in [0.05, 0.1) is 0 Å². The molecular weight excluding hydrogens is 326 g/mol. The molecule has 1 heterocycles. The zero-order valence-corrected chi connectivity index (χ0v) is 16.4. The van der Waals surface area contributed by atoms with Gasteiger partial charge < -0.3 is 15.5 Å². The molecule has 1 saturated heterocycles. The smallest absolute Gasteiger partial charge is 0.219 e. The Hall–Kier alpha value is -2.08. The lowest BCUT2D eigenvalue weighted by Crippen LogP contribution is -2.50. The minimum atomic E-state index is 0.178. The normalized spacial score (nSPS) is 17.0. The molecule has 0 radical (unpaired) electrons. The third-order valence-electron chi connectivity index (χ3n) is 4.85. The van der Waals surface area contributed by atoms with E-state index in [9.17, 15) is 4.79 Å². The van der Waals surface area contributed by atoms with E-state index in [1.807, 2.05) is 11.9 Å². The van der Waals surface area contributed by atoms with Gasteiger partial charge in [-0.3, -0.25) is 14.7 Å². The van der Waals surface area contributed by atoms with Crippen LogP contribution < -0.4 is 10.6 Å². The van der Waals surface area contributed by atoms with Crippen LogP contribution in [0.5, 0.6) is 0 Å². The highest BCUT2D eigenvalue weighted by Crippen LogP contribution is 2.05. The summed E-state index contributed by atoms with van der Waals surface area (Å²) in [6, 6.07) is 10.9. The number of nitrogens with zero attached hydrogens (tertiary/aromatic N) is 3. The quantitative estimate of drug-likeness (QED) is 0.570. The zero-order valence-electron chi connectivity index (χ0n) is 16.4. The first-order chi connectivity index (χ1) is 12.6. The highest BCUT2D eigenvalue weighted by atomic mass is 16.2. The van der Waals surface area contributed by atoms with E-state index < -0.39 is 0 Å². The Labute approximate surface area is 157 Å². The summed E-state index contributed by atoms with van der Waals surface area (Å²) in [5.41, 5.74) is 1.37. The van der Waals surface area contributed by atoms with Crippen LogP contribution in [0.3, 0.4) is 0 Å². The summed E-state index contributed by atoms with van der Waals surface area (Å²) >= 11 is 0. The average molecular weight is 360 g/mol. The Bertz CT molecular complexity index is 567. The lowest BCUT2D eigenvalue weighted by atomic mass is 10.1. The van der Waals surface area contributed by atoms with Crippen molar-refractivity contribution in [3.63, 3.8) is 0 Å². The van der Waals surface area contributed by atoms with Gasteiger partial charge in [-0.1, -0.05) is 30.3 Å². The maximum Gasteiger partial charge on any atom is 0.219 e. The van der Waals surface area contributed by atoms with Crippen molar-refractivity contribution in [2.24, 2.45) is 4.99 Å². The van der Waals surface area contributed by atoms with Crippen molar-refractivity contribution >= 4 is 11.9 Å². The van der Waals surface area contributed by atoms with Crippen LogP contribution in [0.15, 0.2) is 35.3 Å². The van der Waals surface area contributed by atoms with Crippen LogP contribution >= 0.6 is 0 Å². The Morgan fingerprint density at radius 1 is 1.19 bits per heavy atom. The van der Waals surface area contributed by atoms with Gasteiger partial charge in [0.25, 0.3) is 0 Å². The minimum Gasteiger partial charge on any atom is -0.355 e. The van der Waals surface area contributed by atoms with E-state index in [1.165, 1.54) is 5.56 Å². The van der Waals surface area contributed by atoms with Crippen molar-refractivity contribution in [2.45, 2.75) is 32.7 Å². The lowest BCUT2D eigenvalue weighted by molar-refractivity contribution is -0.130. The van der Waals surface area contributed by atoms with Crippen molar-refractivity contribution in [2.75, 3.05) is 46.3 Å². The second kappa shape index (κ2) is 10.8. The zero-order chi connectivity index (χ0) is 18.8. The summed E-state index contributed by atoms with van der Waals surface area (Å²) in [7, 11) is 1.81. The first-order valence-electron chi connectivity index (χ1n) is 9.57. The molecule has 1 atom stereocenters. The van der Waals surface area contributed by atoms with E-state index in [2.05, 4.69) is 57.8 Å². The molecule has 2 rings (SSSR count). The van der Waals surface area contributed by atoms with Crippen LogP contribution in [0, 0.1) is 0 Å². The van der Waals surface area contributed by atoms with Gasteiger partial charge in [-0.05, 0) is 25.3 Å².